The quantitative estimate of drug-likeness (QED) is 0.700. The minimum absolute atomic E-state index is 0.0134. The molecular formula is C12H26O. The van der Waals surface area contributed by atoms with Crippen LogP contribution in [-0.2, 0) is 0 Å². The average Bonchev–Trinajstić information content (AvgIpc) is 1.82. The number of aliphatic hydroxyl groups is 1. The third-order valence-corrected chi connectivity index (χ3v) is 3.05. The molecule has 0 saturated carbocycles. The zero-order chi connectivity index (χ0) is 10.9. The summed E-state index contributed by atoms with van der Waals surface area (Å²) in [6.45, 7) is 15.2. The van der Waals surface area contributed by atoms with Crippen LogP contribution < -0.4 is 0 Å². The van der Waals surface area contributed by atoms with Gasteiger partial charge < -0.3 is 5.11 Å². The van der Waals surface area contributed by atoms with Crippen molar-refractivity contribution in [2.24, 2.45) is 16.7 Å². The monoisotopic (exact) mass is 186 g/mol. The van der Waals surface area contributed by atoms with Gasteiger partial charge in [-0.15, -0.1) is 0 Å². The Morgan fingerprint density at radius 2 is 1.31 bits per heavy atom. The molecule has 0 heterocycles. The molecule has 2 atom stereocenters. The van der Waals surface area contributed by atoms with Crippen LogP contribution in [0.3, 0.4) is 0 Å². The van der Waals surface area contributed by atoms with Gasteiger partial charge in [0.15, 0.2) is 0 Å². The first kappa shape index (κ1) is 13.0. The summed E-state index contributed by atoms with van der Waals surface area (Å²) in [7, 11) is 0. The van der Waals surface area contributed by atoms with Crippen LogP contribution >= 0.6 is 0 Å². The van der Waals surface area contributed by atoms with Crippen LogP contribution in [0, 0.1) is 16.7 Å². The standard InChI is InChI=1S/C12H26O/c1-9(11(2,3)4)8-10(13)12(5,6)7/h9-10,13H,8H2,1-7H3. The van der Waals surface area contributed by atoms with Gasteiger partial charge in [-0.1, -0.05) is 48.5 Å². The molecule has 0 aliphatic heterocycles. The largest absolute Gasteiger partial charge is 0.393 e. The van der Waals surface area contributed by atoms with Crippen LogP contribution in [0.25, 0.3) is 0 Å². The minimum atomic E-state index is -0.193. The normalized spacial score (nSPS) is 18.5. The Balaban J connectivity index is 4.15. The van der Waals surface area contributed by atoms with Gasteiger partial charge in [-0.05, 0) is 23.2 Å². The smallest absolute Gasteiger partial charge is 0.0591 e. The van der Waals surface area contributed by atoms with Crippen molar-refractivity contribution in [3.8, 4) is 0 Å². The van der Waals surface area contributed by atoms with E-state index < -0.39 is 0 Å². The Morgan fingerprint density at radius 3 is 1.54 bits per heavy atom. The summed E-state index contributed by atoms with van der Waals surface area (Å²) < 4.78 is 0. The fourth-order valence-corrected chi connectivity index (χ4v) is 1.04. The van der Waals surface area contributed by atoms with Crippen molar-refractivity contribution in [3.63, 3.8) is 0 Å². The number of rotatable bonds is 2. The van der Waals surface area contributed by atoms with Crippen molar-refractivity contribution in [2.45, 2.75) is 61.0 Å². The fourth-order valence-electron chi connectivity index (χ4n) is 1.04. The Kier molecular flexibility index (Phi) is 3.98. The summed E-state index contributed by atoms with van der Waals surface area (Å²) in [4.78, 5) is 0. The lowest BCUT2D eigenvalue weighted by Gasteiger charge is -2.33. The van der Waals surface area contributed by atoms with E-state index in [2.05, 4.69) is 48.5 Å². The third kappa shape index (κ3) is 4.66. The van der Waals surface area contributed by atoms with E-state index in [1.807, 2.05) is 0 Å². The number of hydrogen-bond donors (Lipinski definition) is 1. The molecule has 0 aromatic rings. The van der Waals surface area contributed by atoms with E-state index in [0.717, 1.165) is 6.42 Å². The molecule has 0 aromatic carbocycles. The molecule has 13 heavy (non-hydrogen) atoms. The minimum Gasteiger partial charge on any atom is -0.393 e. The van der Waals surface area contributed by atoms with Crippen LogP contribution in [0.2, 0.25) is 0 Å². The van der Waals surface area contributed by atoms with Crippen LogP contribution in [0.15, 0.2) is 0 Å². The summed E-state index contributed by atoms with van der Waals surface area (Å²) >= 11 is 0. The molecule has 80 valence electrons. The van der Waals surface area contributed by atoms with Crippen molar-refractivity contribution >= 4 is 0 Å². The van der Waals surface area contributed by atoms with Crippen molar-refractivity contribution in [1.29, 1.82) is 0 Å². The van der Waals surface area contributed by atoms with E-state index in [4.69, 9.17) is 0 Å². The summed E-state index contributed by atoms with van der Waals surface area (Å²) in [6.07, 6.45) is 0.703. The van der Waals surface area contributed by atoms with Gasteiger partial charge in [-0.25, -0.2) is 0 Å². The molecule has 0 fully saturated rings. The van der Waals surface area contributed by atoms with Gasteiger partial charge in [0.2, 0.25) is 0 Å². The Labute approximate surface area is 83.5 Å². The molecule has 0 radical (unpaired) electrons. The maximum atomic E-state index is 9.92. The van der Waals surface area contributed by atoms with E-state index in [-0.39, 0.29) is 11.5 Å². The SMILES string of the molecule is CC(CC(O)C(C)(C)C)C(C)(C)C. The second-order valence-electron chi connectivity index (χ2n) is 6.38. The van der Waals surface area contributed by atoms with Gasteiger partial charge in [-0.3, -0.25) is 0 Å². The van der Waals surface area contributed by atoms with Crippen LogP contribution in [0.1, 0.15) is 54.9 Å². The van der Waals surface area contributed by atoms with Crippen molar-refractivity contribution in [3.05, 3.63) is 0 Å². The van der Waals surface area contributed by atoms with Crippen molar-refractivity contribution < 1.29 is 5.11 Å². The van der Waals surface area contributed by atoms with Gasteiger partial charge in [-0.2, -0.15) is 0 Å². The van der Waals surface area contributed by atoms with Crippen molar-refractivity contribution in [2.75, 3.05) is 0 Å². The van der Waals surface area contributed by atoms with E-state index in [1.165, 1.54) is 0 Å². The van der Waals surface area contributed by atoms with E-state index in [1.54, 1.807) is 0 Å². The first-order chi connectivity index (χ1) is 5.55. The number of hydrogen-bond acceptors (Lipinski definition) is 1. The van der Waals surface area contributed by atoms with Gasteiger partial charge in [0.1, 0.15) is 0 Å². The topological polar surface area (TPSA) is 20.2 Å². The second kappa shape index (κ2) is 4.00. The van der Waals surface area contributed by atoms with Gasteiger partial charge in [0.05, 0.1) is 6.10 Å². The van der Waals surface area contributed by atoms with Crippen LogP contribution in [0.5, 0.6) is 0 Å². The molecule has 2 unspecified atom stereocenters. The van der Waals surface area contributed by atoms with Gasteiger partial charge >= 0.3 is 0 Å². The molecule has 1 heteroatoms. The highest BCUT2D eigenvalue weighted by atomic mass is 16.3. The predicted octanol–water partition coefficient (Wildman–Crippen LogP) is 3.47. The molecule has 0 rings (SSSR count). The van der Waals surface area contributed by atoms with Crippen molar-refractivity contribution in [1.82, 2.24) is 0 Å². The third-order valence-electron chi connectivity index (χ3n) is 3.05. The average molecular weight is 186 g/mol. The second-order valence-corrected chi connectivity index (χ2v) is 6.38. The fraction of sp³-hybridized carbons (Fsp3) is 1.00. The van der Waals surface area contributed by atoms with Crippen LogP contribution in [-0.4, -0.2) is 11.2 Å². The summed E-state index contributed by atoms with van der Waals surface area (Å²) in [5, 5.41) is 9.92. The Bertz CT molecular complexity index is 129. The first-order valence-electron chi connectivity index (χ1n) is 5.23. The molecule has 0 bridgehead atoms. The molecule has 0 spiro atoms. The molecule has 0 amide bonds. The lowest BCUT2D eigenvalue weighted by Crippen LogP contribution is -2.31. The highest BCUT2D eigenvalue weighted by Gasteiger charge is 2.28. The van der Waals surface area contributed by atoms with Crippen LogP contribution in [0.4, 0.5) is 0 Å². The molecule has 0 aliphatic carbocycles. The van der Waals surface area contributed by atoms with E-state index >= 15 is 0 Å². The molecule has 0 saturated heterocycles. The lowest BCUT2D eigenvalue weighted by atomic mass is 9.75. The Morgan fingerprint density at radius 1 is 0.923 bits per heavy atom. The molecule has 1 nitrogen and oxygen atoms in total. The highest BCUT2D eigenvalue weighted by Crippen LogP contribution is 2.33. The summed E-state index contributed by atoms with van der Waals surface area (Å²) in [6, 6.07) is 0. The highest BCUT2D eigenvalue weighted by molar-refractivity contribution is 4.79. The molecule has 0 aliphatic rings. The maximum Gasteiger partial charge on any atom is 0.0591 e. The van der Waals surface area contributed by atoms with Gasteiger partial charge in [0, 0.05) is 0 Å². The molecule has 1 N–H and O–H groups in total. The molecule has 0 aromatic heterocycles. The van der Waals surface area contributed by atoms with E-state index in [0.29, 0.717) is 11.3 Å². The summed E-state index contributed by atoms with van der Waals surface area (Å²) in [5.41, 5.74) is 0.311. The number of aliphatic hydroxyl groups excluding tert-OH is 1. The predicted molar refractivity (Wildman–Crippen MR) is 58.7 cm³/mol. The van der Waals surface area contributed by atoms with Gasteiger partial charge in [0.25, 0.3) is 0 Å². The zero-order valence-electron chi connectivity index (χ0n) is 10.3. The van der Waals surface area contributed by atoms with E-state index in [9.17, 15) is 5.11 Å². The zero-order valence-corrected chi connectivity index (χ0v) is 10.3. The lowest BCUT2D eigenvalue weighted by molar-refractivity contribution is 0.0265. The Hall–Kier alpha value is -0.0400. The summed E-state index contributed by atoms with van der Waals surface area (Å²) in [5.74, 6) is 0.557. The molecular weight excluding hydrogens is 160 g/mol. The maximum absolute atomic E-state index is 9.92. The first-order valence-corrected chi connectivity index (χ1v) is 5.23.